The SMILES string of the molecule is C1=CCCC(c2ccc(N3c4ccccc4C4=CC(c5ccc6c(c5)c5ccccc5n6C5=CC=CC6OC7=C(CCC=C7)C56)=CCC43)cc2)=C1. The zero-order chi connectivity index (χ0) is 33.5. The van der Waals surface area contributed by atoms with E-state index >= 15 is 0 Å². The van der Waals surface area contributed by atoms with Crippen LogP contribution in [0.4, 0.5) is 11.4 Å². The molecule has 6 aliphatic rings. The predicted molar refractivity (Wildman–Crippen MR) is 212 cm³/mol. The number of ether oxygens (including phenoxy) is 1. The highest BCUT2D eigenvalue weighted by Crippen LogP contribution is 2.50. The lowest BCUT2D eigenvalue weighted by atomic mass is 9.84. The van der Waals surface area contributed by atoms with Crippen LogP contribution in [0.5, 0.6) is 0 Å². The number of anilines is 2. The molecule has 0 saturated heterocycles. The first-order valence-corrected chi connectivity index (χ1v) is 18.6. The molecule has 5 aromatic rings. The molecule has 11 rings (SSSR count). The Hall–Kier alpha value is -5.80. The van der Waals surface area contributed by atoms with Gasteiger partial charge < -0.3 is 14.2 Å². The first-order valence-electron chi connectivity index (χ1n) is 18.6. The number of allylic oxidation sites excluding steroid dienone is 10. The molecular formula is C48H38N2O. The largest absolute Gasteiger partial charge is 0.485 e. The molecule has 0 bridgehead atoms. The maximum absolute atomic E-state index is 6.48. The molecule has 0 saturated carbocycles. The Labute approximate surface area is 298 Å². The number of hydrogen-bond acceptors (Lipinski definition) is 2. The van der Waals surface area contributed by atoms with E-state index < -0.39 is 0 Å². The molecule has 1 aromatic heterocycles. The summed E-state index contributed by atoms with van der Waals surface area (Å²) in [4.78, 5) is 2.56. The topological polar surface area (TPSA) is 17.4 Å². The third kappa shape index (κ3) is 4.44. The van der Waals surface area contributed by atoms with E-state index in [-0.39, 0.29) is 18.1 Å². The van der Waals surface area contributed by atoms with Gasteiger partial charge in [0.1, 0.15) is 11.9 Å². The molecule has 3 unspecified atom stereocenters. The minimum absolute atomic E-state index is 0.0544. The van der Waals surface area contributed by atoms with Crippen LogP contribution < -0.4 is 4.90 Å². The fraction of sp³-hybridized carbons (Fsp3) is 0.167. The Morgan fingerprint density at radius 3 is 2.49 bits per heavy atom. The van der Waals surface area contributed by atoms with Crippen molar-refractivity contribution >= 4 is 55.6 Å². The van der Waals surface area contributed by atoms with Gasteiger partial charge in [0.2, 0.25) is 0 Å². The van der Waals surface area contributed by atoms with Crippen LogP contribution in [0.15, 0.2) is 163 Å². The smallest absolute Gasteiger partial charge is 0.129 e. The molecule has 51 heavy (non-hydrogen) atoms. The van der Waals surface area contributed by atoms with Crippen molar-refractivity contribution in [1.82, 2.24) is 4.57 Å². The lowest BCUT2D eigenvalue weighted by Gasteiger charge is -2.30. The molecule has 246 valence electrons. The first-order chi connectivity index (χ1) is 25.3. The molecule has 0 fully saturated rings. The van der Waals surface area contributed by atoms with E-state index in [4.69, 9.17) is 4.74 Å². The van der Waals surface area contributed by atoms with E-state index in [9.17, 15) is 0 Å². The Bertz CT molecular complexity index is 2540. The second kappa shape index (κ2) is 11.4. The van der Waals surface area contributed by atoms with Crippen LogP contribution in [0.3, 0.4) is 0 Å². The van der Waals surface area contributed by atoms with Gasteiger partial charge >= 0.3 is 0 Å². The van der Waals surface area contributed by atoms with Crippen LogP contribution in [-0.4, -0.2) is 16.7 Å². The molecule has 3 nitrogen and oxygen atoms in total. The second-order valence-electron chi connectivity index (χ2n) is 14.6. The van der Waals surface area contributed by atoms with Gasteiger partial charge in [-0.2, -0.15) is 0 Å². The van der Waals surface area contributed by atoms with Crippen LogP contribution in [0.2, 0.25) is 0 Å². The third-order valence-electron chi connectivity index (χ3n) is 11.8. The van der Waals surface area contributed by atoms with E-state index in [1.165, 1.54) is 77.9 Å². The average molecular weight is 659 g/mol. The van der Waals surface area contributed by atoms with Crippen LogP contribution in [-0.2, 0) is 4.74 Å². The van der Waals surface area contributed by atoms with Crippen molar-refractivity contribution < 1.29 is 4.74 Å². The summed E-state index contributed by atoms with van der Waals surface area (Å²) in [5, 5.41) is 2.59. The van der Waals surface area contributed by atoms with Crippen molar-refractivity contribution in [3.05, 3.63) is 180 Å². The molecule has 0 N–H and O–H groups in total. The molecule has 0 radical (unpaired) electrons. The van der Waals surface area contributed by atoms with Crippen LogP contribution in [0, 0.1) is 5.92 Å². The van der Waals surface area contributed by atoms with Crippen molar-refractivity contribution in [1.29, 1.82) is 0 Å². The number of rotatable bonds is 4. The van der Waals surface area contributed by atoms with Gasteiger partial charge in [-0.05, 0) is 126 Å². The van der Waals surface area contributed by atoms with E-state index in [1.54, 1.807) is 0 Å². The lowest BCUT2D eigenvalue weighted by molar-refractivity contribution is 0.175. The first kappa shape index (κ1) is 29.0. The van der Waals surface area contributed by atoms with Crippen molar-refractivity contribution in [3.63, 3.8) is 0 Å². The number of hydrogen-bond donors (Lipinski definition) is 0. The summed E-state index contributed by atoms with van der Waals surface area (Å²) in [6.45, 7) is 0. The Morgan fingerprint density at radius 2 is 1.57 bits per heavy atom. The lowest BCUT2D eigenvalue weighted by Crippen LogP contribution is -2.27. The fourth-order valence-electron chi connectivity index (χ4n) is 9.49. The summed E-state index contributed by atoms with van der Waals surface area (Å²) in [6.07, 6.45) is 28.2. The molecule has 3 heteroatoms. The third-order valence-corrected chi connectivity index (χ3v) is 11.8. The minimum Gasteiger partial charge on any atom is -0.485 e. The second-order valence-corrected chi connectivity index (χ2v) is 14.6. The molecule has 3 heterocycles. The zero-order valence-corrected chi connectivity index (χ0v) is 28.5. The van der Waals surface area contributed by atoms with Crippen molar-refractivity contribution in [3.8, 4) is 0 Å². The molecular weight excluding hydrogens is 621 g/mol. The average Bonchev–Trinajstić information content (AvgIpc) is 3.86. The summed E-state index contributed by atoms with van der Waals surface area (Å²) in [5.41, 5.74) is 15.9. The summed E-state index contributed by atoms with van der Waals surface area (Å²) in [6, 6.07) is 34.5. The highest BCUT2D eigenvalue weighted by molar-refractivity contribution is 6.11. The molecule has 0 spiro atoms. The van der Waals surface area contributed by atoms with Gasteiger partial charge in [-0.1, -0.05) is 91.1 Å². The number of benzene rings is 4. The maximum Gasteiger partial charge on any atom is 0.129 e. The van der Waals surface area contributed by atoms with Gasteiger partial charge in [0.15, 0.2) is 0 Å². The van der Waals surface area contributed by atoms with E-state index in [1.807, 2.05) is 0 Å². The van der Waals surface area contributed by atoms with Gasteiger partial charge in [-0.25, -0.2) is 0 Å². The number of aromatic nitrogens is 1. The Morgan fingerprint density at radius 1 is 0.725 bits per heavy atom. The predicted octanol–water partition coefficient (Wildman–Crippen LogP) is 11.9. The van der Waals surface area contributed by atoms with Crippen LogP contribution in [0.25, 0.3) is 44.2 Å². The zero-order valence-electron chi connectivity index (χ0n) is 28.5. The summed E-state index contributed by atoms with van der Waals surface area (Å²) < 4.78 is 8.98. The minimum atomic E-state index is 0.0544. The van der Waals surface area contributed by atoms with Gasteiger partial charge in [0.25, 0.3) is 0 Å². The van der Waals surface area contributed by atoms with Crippen molar-refractivity contribution in [2.75, 3.05) is 4.90 Å². The Kier molecular flexibility index (Phi) is 6.46. The standard InChI is InChI=1S/C48H38N2O/c1-2-11-31(12-3-1)32-21-25-35(26-22-32)49-41-16-7-4-13-36(41)39-29-33(23-27-43(39)49)34-24-28-44-40(30-34)37-14-5-8-17-42(37)50(44)45-18-10-20-47-48(45)38-15-6-9-19-46(38)51-47/h1-2,4-5,7-11,13-14,16-26,28-30,43,47-48H,3,6,12,15,27H2. The van der Waals surface area contributed by atoms with Crippen molar-refractivity contribution in [2.45, 2.75) is 44.2 Å². The Balaban J connectivity index is 0.975. The van der Waals surface area contributed by atoms with Crippen molar-refractivity contribution in [2.24, 2.45) is 5.92 Å². The molecule has 4 aliphatic carbocycles. The monoisotopic (exact) mass is 658 g/mol. The highest BCUT2D eigenvalue weighted by atomic mass is 16.5. The van der Waals surface area contributed by atoms with Gasteiger partial charge in [-0.15, -0.1) is 0 Å². The van der Waals surface area contributed by atoms with E-state index in [0.717, 1.165) is 37.9 Å². The highest BCUT2D eigenvalue weighted by Gasteiger charge is 2.40. The number of para-hydroxylation sites is 2. The van der Waals surface area contributed by atoms with Gasteiger partial charge in [-0.3, -0.25) is 0 Å². The maximum atomic E-state index is 6.48. The van der Waals surface area contributed by atoms with Crippen LogP contribution >= 0.6 is 0 Å². The molecule has 0 amide bonds. The quantitative estimate of drug-likeness (QED) is 0.191. The van der Waals surface area contributed by atoms with Crippen LogP contribution in [0.1, 0.15) is 48.8 Å². The van der Waals surface area contributed by atoms with E-state index in [2.05, 4.69) is 161 Å². The molecule has 4 aromatic carbocycles. The summed E-state index contributed by atoms with van der Waals surface area (Å²) in [5.74, 6) is 1.31. The molecule has 2 aliphatic heterocycles. The van der Waals surface area contributed by atoms with E-state index in [0.29, 0.717) is 0 Å². The normalized spacial score (nSPS) is 23.0. The van der Waals surface area contributed by atoms with Gasteiger partial charge in [0, 0.05) is 33.4 Å². The van der Waals surface area contributed by atoms with Gasteiger partial charge in [0.05, 0.1) is 23.0 Å². The fourth-order valence-corrected chi connectivity index (χ4v) is 9.49. The molecule has 3 atom stereocenters. The summed E-state index contributed by atoms with van der Waals surface area (Å²) in [7, 11) is 0. The number of fused-ring (bicyclic) bond motifs is 8. The summed E-state index contributed by atoms with van der Waals surface area (Å²) >= 11 is 0. The number of nitrogens with zero attached hydrogens (tertiary/aromatic N) is 2.